The molecule has 0 aromatic heterocycles. The van der Waals surface area contributed by atoms with E-state index in [4.69, 9.17) is 14.6 Å². The summed E-state index contributed by atoms with van der Waals surface area (Å²) in [6.45, 7) is 0. The predicted molar refractivity (Wildman–Crippen MR) is 99.5 cm³/mol. The number of hydrogen-bond donors (Lipinski definition) is 5. The van der Waals surface area contributed by atoms with Crippen LogP contribution in [-0.2, 0) is 25.5 Å². The van der Waals surface area contributed by atoms with Crippen LogP contribution in [0.2, 0.25) is 0 Å². The molecule has 10 heteroatoms. The van der Waals surface area contributed by atoms with Gasteiger partial charge in [-0.25, -0.2) is 4.79 Å². The molecule has 1 aliphatic heterocycles. The summed E-state index contributed by atoms with van der Waals surface area (Å²) in [6.07, 6.45) is -4.05. The number of esters is 1. The van der Waals surface area contributed by atoms with Gasteiger partial charge in [-0.2, -0.15) is 0 Å². The first-order chi connectivity index (χ1) is 14.2. The fraction of sp³-hybridized carbons (Fsp3) is 0.300. The molecule has 0 aliphatic carbocycles. The second-order valence-electron chi connectivity index (χ2n) is 6.72. The fourth-order valence-corrected chi connectivity index (χ4v) is 3.26. The molecule has 0 spiro atoms. The lowest BCUT2D eigenvalue weighted by Crippen LogP contribution is -2.40. The minimum atomic E-state index is -1.45. The monoisotopic (exact) mass is 420 g/mol. The van der Waals surface area contributed by atoms with E-state index in [1.54, 1.807) is 0 Å². The second kappa shape index (κ2) is 8.37. The van der Waals surface area contributed by atoms with E-state index < -0.39 is 42.4 Å². The average Bonchev–Trinajstić information content (AvgIpc) is 2.68. The van der Waals surface area contributed by atoms with Crippen LogP contribution in [0.3, 0.4) is 0 Å². The van der Waals surface area contributed by atoms with Crippen molar-refractivity contribution in [3.05, 3.63) is 41.5 Å². The van der Waals surface area contributed by atoms with Crippen molar-refractivity contribution >= 4 is 11.9 Å². The highest BCUT2D eigenvalue weighted by Crippen LogP contribution is 2.44. The summed E-state index contributed by atoms with van der Waals surface area (Å²) in [4.78, 5) is 23.2. The van der Waals surface area contributed by atoms with E-state index in [0.717, 1.165) is 13.2 Å². The van der Waals surface area contributed by atoms with E-state index in [1.807, 2.05) is 0 Å². The molecule has 1 heterocycles. The molecule has 5 N–H and O–H groups in total. The summed E-state index contributed by atoms with van der Waals surface area (Å²) >= 11 is 0. The van der Waals surface area contributed by atoms with E-state index >= 15 is 0 Å². The smallest absolute Gasteiger partial charge is 0.335 e. The van der Waals surface area contributed by atoms with E-state index in [2.05, 4.69) is 4.74 Å². The maximum absolute atomic E-state index is 12.0. The molecule has 0 fully saturated rings. The molecule has 0 bridgehead atoms. The molecule has 2 aromatic carbocycles. The van der Waals surface area contributed by atoms with Crippen LogP contribution in [0.1, 0.15) is 23.7 Å². The first kappa shape index (κ1) is 21.1. The number of methoxy groups -OCH3 is 1. The molecule has 1 unspecified atom stereocenters. The Bertz CT molecular complexity index is 970. The Labute approximate surface area is 170 Å². The molecular formula is C20H20O10. The first-order valence-electron chi connectivity index (χ1n) is 8.88. The summed E-state index contributed by atoms with van der Waals surface area (Å²) in [5.74, 6) is -3.32. The van der Waals surface area contributed by atoms with Gasteiger partial charge in [-0.3, -0.25) is 4.79 Å². The van der Waals surface area contributed by atoms with Crippen LogP contribution in [0, 0.1) is 0 Å². The summed E-state index contributed by atoms with van der Waals surface area (Å²) in [6, 6.07) is 6.31. The van der Waals surface area contributed by atoms with Crippen molar-refractivity contribution in [1.29, 1.82) is 0 Å². The number of carboxylic acids is 1. The van der Waals surface area contributed by atoms with Crippen molar-refractivity contribution in [2.75, 3.05) is 7.11 Å². The van der Waals surface area contributed by atoms with Crippen LogP contribution in [0.15, 0.2) is 30.3 Å². The Kier molecular flexibility index (Phi) is 5.88. The van der Waals surface area contributed by atoms with Crippen molar-refractivity contribution in [1.82, 2.24) is 0 Å². The van der Waals surface area contributed by atoms with Gasteiger partial charge in [0.1, 0.15) is 23.4 Å². The number of fused-ring (bicyclic) bond motifs is 1. The number of carbonyl (C=O) groups is 2. The topological polar surface area (TPSA) is 163 Å². The van der Waals surface area contributed by atoms with Crippen molar-refractivity contribution < 1.29 is 49.3 Å². The molecule has 3 rings (SSSR count). The van der Waals surface area contributed by atoms with Gasteiger partial charge in [0.05, 0.1) is 13.5 Å². The molecule has 0 radical (unpaired) electrons. The molecule has 3 atom stereocenters. The molecule has 1 aliphatic rings. The van der Waals surface area contributed by atoms with Crippen LogP contribution in [0.5, 0.6) is 28.7 Å². The zero-order valence-corrected chi connectivity index (χ0v) is 15.8. The number of aliphatic carboxylic acids is 1. The van der Waals surface area contributed by atoms with Gasteiger partial charge in [-0.1, -0.05) is 6.07 Å². The largest absolute Gasteiger partial charge is 0.508 e. The van der Waals surface area contributed by atoms with E-state index in [0.29, 0.717) is 5.56 Å². The third-order valence-corrected chi connectivity index (χ3v) is 4.66. The highest BCUT2D eigenvalue weighted by molar-refractivity contribution is 5.81. The van der Waals surface area contributed by atoms with Gasteiger partial charge in [-0.15, -0.1) is 0 Å². The van der Waals surface area contributed by atoms with Gasteiger partial charge in [0.25, 0.3) is 0 Å². The number of ether oxygens (including phenoxy) is 3. The van der Waals surface area contributed by atoms with Gasteiger partial charge in [0, 0.05) is 24.1 Å². The fourth-order valence-electron chi connectivity index (χ4n) is 3.26. The Morgan fingerprint density at radius 1 is 1.10 bits per heavy atom. The van der Waals surface area contributed by atoms with Crippen LogP contribution in [-0.4, -0.2) is 56.8 Å². The maximum atomic E-state index is 12.0. The lowest BCUT2D eigenvalue weighted by Gasteiger charge is -2.35. The molecule has 0 saturated heterocycles. The average molecular weight is 420 g/mol. The van der Waals surface area contributed by atoms with Gasteiger partial charge >= 0.3 is 11.9 Å². The van der Waals surface area contributed by atoms with E-state index in [1.165, 1.54) is 24.3 Å². The van der Waals surface area contributed by atoms with Gasteiger partial charge < -0.3 is 39.7 Å². The number of benzene rings is 2. The number of carboxylic acid groups (broad SMARTS) is 1. The van der Waals surface area contributed by atoms with Gasteiger partial charge in [-0.05, 0) is 17.7 Å². The summed E-state index contributed by atoms with van der Waals surface area (Å²) in [5, 5.41) is 48.4. The number of phenolic OH excluding ortho intramolecular Hbond substituents is 4. The second-order valence-corrected chi connectivity index (χ2v) is 6.72. The zero-order valence-electron chi connectivity index (χ0n) is 15.8. The normalized spacial score (nSPS) is 18.7. The first-order valence-corrected chi connectivity index (χ1v) is 8.88. The molecule has 10 nitrogen and oxygen atoms in total. The Morgan fingerprint density at radius 3 is 2.47 bits per heavy atom. The number of hydrogen-bond acceptors (Lipinski definition) is 9. The maximum Gasteiger partial charge on any atom is 0.335 e. The van der Waals surface area contributed by atoms with E-state index in [9.17, 15) is 30.0 Å². The Balaban J connectivity index is 2.02. The number of rotatable bonds is 6. The minimum absolute atomic E-state index is 0.000858. The Hall–Kier alpha value is -3.66. The lowest BCUT2D eigenvalue weighted by molar-refractivity contribution is -0.168. The van der Waals surface area contributed by atoms with Crippen molar-refractivity contribution in [2.45, 2.75) is 31.2 Å². The minimum Gasteiger partial charge on any atom is -0.508 e. The number of aromatic hydroxyl groups is 4. The number of carbonyl (C=O) groups excluding carboxylic acids is 1. The number of phenols is 4. The van der Waals surface area contributed by atoms with Crippen LogP contribution in [0.25, 0.3) is 0 Å². The highest BCUT2D eigenvalue weighted by atomic mass is 16.6. The zero-order chi connectivity index (χ0) is 22.0. The van der Waals surface area contributed by atoms with E-state index in [-0.39, 0.29) is 35.0 Å². The summed E-state index contributed by atoms with van der Waals surface area (Å²) < 4.78 is 16.2. The molecular weight excluding hydrogens is 400 g/mol. The van der Waals surface area contributed by atoms with Crippen LogP contribution >= 0.6 is 0 Å². The highest BCUT2D eigenvalue weighted by Gasteiger charge is 2.38. The SMILES string of the molecule is COC(=O)C(CC(=O)O)O[C@@H]1Cc2c(O)cc(O)cc2O[C@@H]1c1ccc(O)c(O)c1. The van der Waals surface area contributed by atoms with Crippen molar-refractivity contribution in [3.63, 3.8) is 0 Å². The summed E-state index contributed by atoms with van der Waals surface area (Å²) in [5.41, 5.74) is 0.638. The Morgan fingerprint density at radius 2 is 1.83 bits per heavy atom. The summed E-state index contributed by atoms with van der Waals surface area (Å²) in [7, 11) is 1.09. The molecule has 0 amide bonds. The third-order valence-electron chi connectivity index (χ3n) is 4.66. The predicted octanol–water partition coefficient (Wildman–Crippen LogP) is 1.59. The van der Waals surface area contributed by atoms with Crippen molar-refractivity contribution in [3.8, 4) is 28.7 Å². The van der Waals surface area contributed by atoms with Gasteiger partial charge in [0.15, 0.2) is 23.7 Å². The lowest BCUT2D eigenvalue weighted by atomic mass is 9.93. The molecule has 30 heavy (non-hydrogen) atoms. The van der Waals surface area contributed by atoms with Gasteiger partial charge in [0.2, 0.25) is 0 Å². The van der Waals surface area contributed by atoms with Crippen LogP contribution in [0.4, 0.5) is 0 Å². The molecule has 160 valence electrons. The standard InChI is InChI=1S/C20H20O10/c1-28-20(27)17(8-18(25)26)29-16-7-11-13(23)5-10(21)6-15(11)30-19(16)9-2-3-12(22)14(24)4-9/h2-6,16-17,19,21-24H,7-8H2,1H3,(H,25,26)/t16-,17?,19-/m1/s1. The third kappa shape index (κ3) is 4.33. The van der Waals surface area contributed by atoms with Crippen LogP contribution < -0.4 is 4.74 Å². The van der Waals surface area contributed by atoms with Crippen molar-refractivity contribution in [2.24, 2.45) is 0 Å². The molecule has 0 saturated carbocycles. The quantitative estimate of drug-likeness (QED) is 0.342. The molecule has 2 aromatic rings.